The first-order valence-corrected chi connectivity index (χ1v) is 16.2. The average molecular weight is 591 g/mol. The summed E-state index contributed by atoms with van der Waals surface area (Å²) in [7, 11) is 0. The number of para-hydroxylation sites is 3. The van der Waals surface area contributed by atoms with Crippen molar-refractivity contribution in [2.75, 3.05) is 0 Å². The summed E-state index contributed by atoms with van der Waals surface area (Å²) in [4.78, 5) is 0. The average Bonchev–Trinajstić information content (AvgIpc) is 3.76. The Morgan fingerprint density at radius 1 is 0.356 bits per heavy atom. The van der Waals surface area contributed by atoms with E-state index in [2.05, 4.69) is 167 Å². The molecular weight excluding hydrogens is 565 g/mol. The third-order valence-corrected chi connectivity index (χ3v) is 10.5. The molecule has 10 aromatic rings. The molecule has 0 aliphatic carbocycles. The van der Waals surface area contributed by atoms with E-state index in [1.807, 2.05) is 11.3 Å². The second-order valence-corrected chi connectivity index (χ2v) is 12.8. The van der Waals surface area contributed by atoms with Crippen molar-refractivity contribution >= 4 is 75.1 Å². The number of aromatic nitrogens is 2. The molecule has 0 spiro atoms. The minimum absolute atomic E-state index is 1.17. The Morgan fingerprint density at radius 2 is 0.933 bits per heavy atom. The lowest BCUT2D eigenvalue weighted by atomic mass is 10.0. The number of nitrogens with zero attached hydrogens (tertiary/aromatic N) is 2. The van der Waals surface area contributed by atoms with Gasteiger partial charge in [-0.2, -0.15) is 0 Å². The zero-order chi connectivity index (χ0) is 29.5. The maximum atomic E-state index is 2.47. The van der Waals surface area contributed by atoms with E-state index in [-0.39, 0.29) is 0 Å². The second-order valence-electron chi connectivity index (χ2n) is 11.8. The smallest absolute Gasteiger partial charge is 0.0641 e. The molecule has 0 unspecified atom stereocenters. The summed E-state index contributed by atoms with van der Waals surface area (Å²) in [5, 5.41) is 7.73. The molecule has 0 saturated carbocycles. The van der Waals surface area contributed by atoms with E-state index in [0.29, 0.717) is 0 Å². The van der Waals surface area contributed by atoms with Crippen molar-refractivity contribution in [1.29, 1.82) is 0 Å². The lowest BCUT2D eigenvalue weighted by Crippen LogP contribution is -1.95. The van der Waals surface area contributed by atoms with Gasteiger partial charge in [0.2, 0.25) is 0 Å². The van der Waals surface area contributed by atoms with Crippen molar-refractivity contribution in [3.05, 3.63) is 158 Å². The number of thiophene rings is 1. The van der Waals surface area contributed by atoms with Crippen molar-refractivity contribution in [1.82, 2.24) is 9.13 Å². The predicted octanol–water partition coefficient (Wildman–Crippen LogP) is 11.9. The minimum Gasteiger partial charge on any atom is -0.309 e. The highest BCUT2D eigenvalue weighted by molar-refractivity contribution is 7.25. The van der Waals surface area contributed by atoms with Crippen LogP contribution in [0, 0.1) is 0 Å². The lowest BCUT2D eigenvalue weighted by Gasteiger charge is -2.10. The molecule has 0 atom stereocenters. The zero-order valence-corrected chi connectivity index (χ0v) is 25.1. The molecular formula is C42H26N2S. The first kappa shape index (κ1) is 24.8. The van der Waals surface area contributed by atoms with Crippen LogP contribution >= 0.6 is 11.3 Å². The fraction of sp³-hybridized carbons (Fsp3) is 0. The highest BCUT2D eigenvalue weighted by Gasteiger charge is 2.21. The summed E-state index contributed by atoms with van der Waals surface area (Å²) in [6.45, 7) is 0. The van der Waals surface area contributed by atoms with Crippen LogP contribution in [-0.2, 0) is 0 Å². The molecule has 2 nitrogen and oxygen atoms in total. The monoisotopic (exact) mass is 590 g/mol. The maximum Gasteiger partial charge on any atom is 0.0641 e. The SMILES string of the molecule is c1ccc(-n2c3ccccc3c3c2ccc2c4cc(-c5ccc6sc7ccccc7c6c5)ccc4n(-c4ccccc4)c23)cc1. The van der Waals surface area contributed by atoms with Crippen LogP contribution < -0.4 is 0 Å². The Bertz CT molecular complexity index is 2740. The van der Waals surface area contributed by atoms with Gasteiger partial charge in [-0.15, -0.1) is 11.3 Å². The standard InChI is InChI=1S/C42H26N2S/c1-3-11-29(12-4-1)43-36-17-9-7-16-33(36)41-38(43)23-21-32-34-25-27(19-22-37(34)44(42(32)41)30-13-5-2-6-14-30)28-20-24-40-35(26-28)31-15-8-10-18-39(31)45-40/h1-26H. The van der Waals surface area contributed by atoms with Crippen molar-refractivity contribution in [2.45, 2.75) is 0 Å². The molecule has 10 rings (SSSR count). The van der Waals surface area contributed by atoms with Gasteiger partial charge in [-0.05, 0) is 77.9 Å². The van der Waals surface area contributed by atoms with Crippen molar-refractivity contribution in [3.63, 3.8) is 0 Å². The highest BCUT2D eigenvalue weighted by atomic mass is 32.1. The van der Waals surface area contributed by atoms with E-state index >= 15 is 0 Å². The molecule has 210 valence electrons. The van der Waals surface area contributed by atoms with Crippen LogP contribution in [0.5, 0.6) is 0 Å². The van der Waals surface area contributed by atoms with Gasteiger partial charge >= 0.3 is 0 Å². The molecule has 45 heavy (non-hydrogen) atoms. The molecule has 3 heteroatoms. The first-order valence-electron chi connectivity index (χ1n) is 15.4. The van der Waals surface area contributed by atoms with Crippen LogP contribution in [0.2, 0.25) is 0 Å². The molecule has 0 amide bonds. The molecule has 0 aliphatic heterocycles. The molecule has 3 heterocycles. The summed E-state index contributed by atoms with van der Waals surface area (Å²) in [6.07, 6.45) is 0. The Labute approximate surface area is 263 Å². The third kappa shape index (κ3) is 3.56. The number of benzene rings is 7. The van der Waals surface area contributed by atoms with Gasteiger partial charge in [0.15, 0.2) is 0 Å². The Kier molecular flexibility index (Phi) is 5.19. The van der Waals surface area contributed by atoms with Crippen LogP contribution in [0.25, 0.3) is 86.3 Å². The normalized spacial score (nSPS) is 12.0. The Balaban J connectivity index is 1.31. The molecule has 3 aromatic heterocycles. The predicted molar refractivity (Wildman–Crippen MR) is 193 cm³/mol. The van der Waals surface area contributed by atoms with Crippen molar-refractivity contribution in [3.8, 4) is 22.5 Å². The molecule has 0 radical (unpaired) electrons. The van der Waals surface area contributed by atoms with Crippen LogP contribution in [-0.4, -0.2) is 9.13 Å². The van der Waals surface area contributed by atoms with Crippen LogP contribution in [0.15, 0.2) is 158 Å². The topological polar surface area (TPSA) is 9.86 Å². The fourth-order valence-corrected chi connectivity index (χ4v) is 8.43. The van der Waals surface area contributed by atoms with Crippen molar-refractivity contribution in [2.24, 2.45) is 0 Å². The molecule has 0 fully saturated rings. The van der Waals surface area contributed by atoms with Gasteiger partial charge in [-0.3, -0.25) is 0 Å². The Hall–Kier alpha value is -5.64. The van der Waals surface area contributed by atoms with Gasteiger partial charge < -0.3 is 9.13 Å². The minimum atomic E-state index is 1.17. The summed E-state index contributed by atoms with van der Waals surface area (Å²) in [6, 6.07) is 57.7. The number of hydrogen-bond acceptors (Lipinski definition) is 1. The largest absolute Gasteiger partial charge is 0.309 e. The second kappa shape index (κ2) is 9.43. The van der Waals surface area contributed by atoms with Crippen LogP contribution in [0.1, 0.15) is 0 Å². The van der Waals surface area contributed by atoms with Gasteiger partial charge in [0, 0.05) is 53.1 Å². The lowest BCUT2D eigenvalue weighted by molar-refractivity contribution is 1.17. The molecule has 0 bridgehead atoms. The molecule has 7 aromatic carbocycles. The van der Waals surface area contributed by atoms with Gasteiger partial charge in [-0.25, -0.2) is 0 Å². The van der Waals surface area contributed by atoms with Gasteiger partial charge in [0.1, 0.15) is 0 Å². The van der Waals surface area contributed by atoms with Gasteiger partial charge in [0.25, 0.3) is 0 Å². The molecule has 0 aliphatic rings. The fourth-order valence-electron chi connectivity index (χ4n) is 7.34. The van der Waals surface area contributed by atoms with E-state index in [4.69, 9.17) is 0 Å². The van der Waals surface area contributed by atoms with Gasteiger partial charge in [-0.1, -0.05) is 91.0 Å². The van der Waals surface area contributed by atoms with E-state index < -0.39 is 0 Å². The quantitative estimate of drug-likeness (QED) is 0.194. The molecule has 0 saturated heterocycles. The van der Waals surface area contributed by atoms with E-state index in [9.17, 15) is 0 Å². The third-order valence-electron chi connectivity index (χ3n) is 9.30. The van der Waals surface area contributed by atoms with E-state index in [1.54, 1.807) is 0 Å². The zero-order valence-electron chi connectivity index (χ0n) is 24.3. The summed E-state index contributed by atoms with van der Waals surface area (Å²) in [5.41, 5.74) is 9.71. The number of hydrogen-bond donors (Lipinski definition) is 0. The van der Waals surface area contributed by atoms with Crippen LogP contribution in [0.3, 0.4) is 0 Å². The summed E-state index contributed by atoms with van der Waals surface area (Å²) < 4.78 is 7.54. The Morgan fingerprint density at radius 3 is 1.73 bits per heavy atom. The first-order chi connectivity index (χ1) is 22.3. The van der Waals surface area contributed by atoms with Crippen molar-refractivity contribution < 1.29 is 0 Å². The van der Waals surface area contributed by atoms with Crippen LogP contribution in [0.4, 0.5) is 0 Å². The highest BCUT2D eigenvalue weighted by Crippen LogP contribution is 2.43. The number of rotatable bonds is 3. The van der Waals surface area contributed by atoms with E-state index in [1.165, 1.54) is 86.3 Å². The number of fused-ring (bicyclic) bond motifs is 10. The maximum absolute atomic E-state index is 2.47. The van der Waals surface area contributed by atoms with E-state index in [0.717, 1.165) is 0 Å². The summed E-state index contributed by atoms with van der Waals surface area (Å²) in [5.74, 6) is 0. The summed E-state index contributed by atoms with van der Waals surface area (Å²) >= 11 is 1.87. The van der Waals surface area contributed by atoms with Gasteiger partial charge in [0.05, 0.1) is 22.1 Å². The molecule has 0 N–H and O–H groups in total.